The van der Waals surface area contributed by atoms with Crippen molar-refractivity contribution in [3.05, 3.63) is 214 Å². The summed E-state index contributed by atoms with van der Waals surface area (Å²) in [4.78, 5) is 5.35. The van der Waals surface area contributed by atoms with Crippen LogP contribution in [0.4, 0.5) is 34.1 Å². The van der Waals surface area contributed by atoms with Gasteiger partial charge in [0.2, 0.25) is 0 Å². The Labute approximate surface area is 466 Å². The largest absolute Gasteiger partial charge is 0.311 e. The summed E-state index contributed by atoms with van der Waals surface area (Å²) in [6.07, 6.45) is 6.52. The molecular weight excluding hydrogens is 942 g/mol. The van der Waals surface area contributed by atoms with Crippen molar-refractivity contribution in [3.8, 4) is 27.9 Å². The van der Waals surface area contributed by atoms with E-state index in [1.54, 1.807) is 0 Å². The molecule has 3 heterocycles. The highest BCUT2D eigenvalue weighted by Gasteiger charge is 2.46. The number of nitrogens with zero attached hydrogens (tertiary/aromatic N) is 3. The third-order valence-electron chi connectivity index (χ3n) is 17.7. The van der Waals surface area contributed by atoms with Gasteiger partial charge in [0, 0.05) is 44.8 Å². The molecule has 78 heavy (non-hydrogen) atoms. The van der Waals surface area contributed by atoms with Gasteiger partial charge in [-0.1, -0.05) is 186 Å². The summed E-state index contributed by atoms with van der Waals surface area (Å²) >= 11 is 0. The van der Waals surface area contributed by atoms with Crippen LogP contribution < -0.4 is 26.2 Å². The highest BCUT2D eigenvalue weighted by Crippen LogP contribution is 2.54. The fourth-order valence-electron chi connectivity index (χ4n) is 13.8. The quantitative estimate of drug-likeness (QED) is 0.154. The molecule has 2 aliphatic heterocycles. The molecule has 0 bridgehead atoms. The summed E-state index contributed by atoms with van der Waals surface area (Å²) in [6, 6.07) is 54.3. The Morgan fingerprint density at radius 2 is 1.05 bits per heavy atom. The molecule has 0 atom stereocenters. The van der Waals surface area contributed by atoms with Crippen LogP contribution in [0.5, 0.6) is 0 Å². The number of rotatable bonds is 6. The van der Waals surface area contributed by atoms with Crippen LogP contribution in [0.25, 0.3) is 51.0 Å². The molecule has 1 aliphatic carbocycles. The van der Waals surface area contributed by atoms with Crippen LogP contribution in [0.3, 0.4) is 0 Å². The minimum Gasteiger partial charge on any atom is -0.311 e. The first kappa shape index (κ1) is 51.2. The molecule has 0 N–H and O–H groups in total. The highest BCUT2D eigenvalue weighted by atomic mass is 15.2. The van der Waals surface area contributed by atoms with Gasteiger partial charge in [0.1, 0.15) is 0 Å². The molecule has 0 spiro atoms. The van der Waals surface area contributed by atoms with Gasteiger partial charge in [-0.15, -0.1) is 0 Å². The normalized spacial score (nSPS) is 14.4. The van der Waals surface area contributed by atoms with Crippen molar-refractivity contribution >= 4 is 80.3 Å². The first-order valence-electron chi connectivity index (χ1n) is 28.4. The van der Waals surface area contributed by atoms with Gasteiger partial charge in [0.15, 0.2) is 0 Å². The number of allylic oxidation sites excluding steroid dienone is 1. The molecule has 0 fully saturated rings. The smallest absolute Gasteiger partial charge is 0.252 e. The van der Waals surface area contributed by atoms with E-state index in [9.17, 15) is 0 Å². The maximum Gasteiger partial charge on any atom is 0.252 e. The Hall–Kier alpha value is -7.56. The Morgan fingerprint density at radius 3 is 1.65 bits per heavy atom. The SMILES string of the molecule is C=Cc1c(/C=C\C)c2cc3c(cc2n1-c1ccccc1)N(c1c(C)cc(-c2cccc4c2-c2ccccc2C4(C)C)cc1C)c1cc(C(C)(C)C)cc2c1B3c1cc(C(C)(C)C)ccc1N2c1c(C)cc(C(C)(C)C)cc1C. The number of hydrogen-bond acceptors (Lipinski definition) is 2. The van der Waals surface area contributed by atoms with E-state index >= 15 is 0 Å². The monoisotopic (exact) mass is 1020 g/mol. The number of aromatic nitrogens is 1. The topological polar surface area (TPSA) is 11.4 Å². The van der Waals surface area contributed by atoms with Gasteiger partial charge >= 0.3 is 0 Å². The molecule has 0 unspecified atom stereocenters. The van der Waals surface area contributed by atoms with Crippen molar-refractivity contribution in [2.45, 2.75) is 132 Å². The van der Waals surface area contributed by atoms with Gasteiger partial charge in [-0.3, -0.25) is 0 Å². The molecule has 4 heteroatoms. The number of para-hydroxylation sites is 1. The van der Waals surface area contributed by atoms with Gasteiger partial charge in [-0.25, -0.2) is 0 Å². The van der Waals surface area contributed by atoms with Gasteiger partial charge in [-0.05, 0) is 194 Å². The highest BCUT2D eigenvalue weighted by molar-refractivity contribution is 7.00. The number of hydrogen-bond donors (Lipinski definition) is 0. The van der Waals surface area contributed by atoms with Crippen LogP contribution in [0, 0.1) is 27.7 Å². The van der Waals surface area contributed by atoms with Crippen molar-refractivity contribution in [2.75, 3.05) is 9.80 Å². The number of anilines is 6. The lowest BCUT2D eigenvalue weighted by molar-refractivity contribution is 0.589. The van der Waals surface area contributed by atoms with Crippen molar-refractivity contribution in [1.29, 1.82) is 0 Å². The second kappa shape index (κ2) is 17.7. The Balaban J connectivity index is 1.23. The summed E-state index contributed by atoms with van der Waals surface area (Å²) in [5, 5.41) is 1.22. The lowest BCUT2D eigenvalue weighted by atomic mass is 9.33. The lowest BCUT2D eigenvalue weighted by Gasteiger charge is -2.46. The number of benzene rings is 8. The standard InChI is InChI=1S/C74H76BN3/c1-18-26-54-56-42-60-64(43-63(56)76(61(54)19-2)52-27-21-20-22-28-52)78(69-44(3)35-48(36-45(69)4)53-30-25-32-58-67(53)55-29-23-24-31-57(55)74(58,16)17)66-41-51(73(13,14)15)40-65-68(66)75(60)59-39-49(71(7,8)9)33-34-62(59)77(65)70-46(5)37-50(38-47(70)6)72(10,11)12/h18-43H,2H2,1,3-17H3/b26-18-. The van der Waals surface area contributed by atoms with Crippen molar-refractivity contribution in [2.24, 2.45) is 0 Å². The van der Waals surface area contributed by atoms with Gasteiger partial charge < -0.3 is 14.4 Å². The van der Waals surface area contributed by atoms with E-state index in [1.807, 2.05) is 6.08 Å². The maximum absolute atomic E-state index is 4.49. The van der Waals surface area contributed by atoms with E-state index in [4.69, 9.17) is 0 Å². The Morgan fingerprint density at radius 1 is 0.513 bits per heavy atom. The third-order valence-corrected chi connectivity index (χ3v) is 17.7. The van der Waals surface area contributed by atoms with Crippen molar-refractivity contribution in [3.63, 3.8) is 0 Å². The summed E-state index contributed by atoms with van der Waals surface area (Å²) in [5.74, 6) is 0. The van der Waals surface area contributed by atoms with E-state index in [1.165, 1.54) is 134 Å². The van der Waals surface area contributed by atoms with Gasteiger partial charge in [-0.2, -0.15) is 0 Å². The van der Waals surface area contributed by atoms with Gasteiger partial charge in [0.05, 0.1) is 22.6 Å². The minimum atomic E-state index is -0.174. The zero-order valence-corrected chi connectivity index (χ0v) is 49.1. The van der Waals surface area contributed by atoms with Crippen molar-refractivity contribution < 1.29 is 0 Å². The van der Waals surface area contributed by atoms with E-state index in [0.29, 0.717) is 0 Å². The molecule has 0 radical (unpaired) electrons. The molecule has 12 rings (SSSR count). The van der Waals surface area contributed by atoms with E-state index in [-0.39, 0.29) is 28.4 Å². The van der Waals surface area contributed by atoms with E-state index < -0.39 is 0 Å². The predicted molar refractivity (Wildman–Crippen MR) is 340 cm³/mol. The summed E-state index contributed by atoms with van der Waals surface area (Å²) in [5.41, 5.74) is 32.6. The van der Waals surface area contributed by atoms with Crippen LogP contribution in [-0.2, 0) is 21.7 Å². The molecule has 9 aromatic rings. The fourth-order valence-corrected chi connectivity index (χ4v) is 13.8. The third kappa shape index (κ3) is 7.67. The molecule has 3 nitrogen and oxygen atoms in total. The minimum absolute atomic E-state index is 0.00503. The van der Waals surface area contributed by atoms with E-state index in [0.717, 1.165) is 16.9 Å². The summed E-state index contributed by atoms with van der Waals surface area (Å²) in [7, 11) is 0. The second-order valence-corrected chi connectivity index (χ2v) is 26.5. The van der Waals surface area contributed by atoms with Crippen LogP contribution in [-0.4, -0.2) is 11.3 Å². The second-order valence-electron chi connectivity index (χ2n) is 26.5. The first-order chi connectivity index (χ1) is 36.9. The van der Waals surface area contributed by atoms with Crippen LogP contribution in [0.15, 0.2) is 152 Å². The van der Waals surface area contributed by atoms with Crippen molar-refractivity contribution in [1.82, 2.24) is 4.57 Å². The summed E-state index contributed by atoms with van der Waals surface area (Å²) < 4.78 is 2.43. The number of fused-ring (bicyclic) bond motifs is 8. The maximum atomic E-state index is 4.49. The molecule has 8 aromatic carbocycles. The molecule has 1 aromatic heterocycles. The van der Waals surface area contributed by atoms with E-state index in [2.05, 4.69) is 283 Å². The van der Waals surface area contributed by atoms with Crippen LogP contribution in [0.2, 0.25) is 0 Å². The molecule has 3 aliphatic rings. The van der Waals surface area contributed by atoms with Crippen LogP contribution in [0.1, 0.15) is 144 Å². The zero-order chi connectivity index (χ0) is 55.3. The predicted octanol–water partition coefficient (Wildman–Crippen LogP) is 18.5. The molecule has 0 saturated heterocycles. The molecule has 390 valence electrons. The van der Waals surface area contributed by atoms with Crippen LogP contribution >= 0.6 is 0 Å². The molecule has 0 amide bonds. The zero-order valence-electron chi connectivity index (χ0n) is 49.1. The average Bonchev–Trinajstić information content (AvgIpc) is 2.74. The summed E-state index contributed by atoms with van der Waals surface area (Å²) in [6.45, 7) is 41.9. The Kier molecular flexibility index (Phi) is 11.6. The Bertz CT molecular complexity index is 3980. The number of aryl methyl sites for hydroxylation is 4. The van der Waals surface area contributed by atoms with Gasteiger partial charge in [0.25, 0.3) is 6.71 Å². The molecule has 0 saturated carbocycles. The fraction of sp³-hybridized carbons (Fsp3) is 0.270. The first-order valence-corrected chi connectivity index (χ1v) is 28.4. The lowest BCUT2D eigenvalue weighted by Crippen LogP contribution is -2.61. The molecular formula is C74H76BN3. The average molecular weight is 1020 g/mol.